The zero-order valence-corrected chi connectivity index (χ0v) is 10.9. The zero-order valence-electron chi connectivity index (χ0n) is 10.1. The topological polar surface area (TPSA) is 21.3 Å². The summed E-state index contributed by atoms with van der Waals surface area (Å²) in [6, 6.07) is 5.91. The summed E-state index contributed by atoms with van der Waals surface area (Å²) in [5.41, 5.74) is 2.55. The number of halogens is 1. The molecule has 1 N–H and O–H groups in total. The molecule has 1 aliphatic carbocycles. The Bertz CT molecular complexity index is 415. The molecule has 0 unspecified atom stereocenters. The van der Waals surface area contributed by atoms with Crippen molar-refractivity contribution in [1.82, 2.24) is 5.32 Å². The van der Waals surface area contributed by atoms with E-state index in [2.05, 4.69) is 11.4 Å². The third kappa shape index (κ3) is 3.40. The van der Waals surface area contributed by atoms with E-state index in [0.29, 0.717) is 5.02 Å². The molecule has 0 aromatic heterocycles. The van der Waals surface area contributed by atoms with Gasteiger partial charge in [0.15, 0.2) is 0 Å². The van der Waals surface area contributed by atoms with Crippen LogP contribution in [-0.2, 0) is 6.54 Å². The van der Waals surface area contributed by atoms with Crippen molar-refractivity contribution in [3.05, 3.63) is 40.6 Å². The third-order valence-electron chi connectivity index (χ3n) is 3.03. The predicted molar refractivity (Wildman–Crippen MR) is 71.4 cm³/mol. The second-order valence-corrected chi connectivity index (χ2v) is 4.70. The largest absolute Gasteiger partial charge is 0.495 e. The first-order chi connectivity index (χ1) is 8.29. The molecule has 0 spiro atoms. The molecule has 1 aromatic carbocycles. The van der Waals surface area contributed by atoms with Gasteiger partial charge in [-0.1, -0.05) is 23.7 Å². The van der Waals surface area contributed by atoms with Crippen LogP contribution in [0.5, 0.6) is 5.75 Å². The van der Waals surface area contributed by atoms with E-state index in [1.54, 1.807) is 7.11 Å². The van der Waals surface area contributed by atoms with Gasteiger partial charge in [0, 0.05) is 12.2 Å². The number of rotatable bonds is 4. The van der Waals surface area contributed by atoms with E-state index in [1.165, 1.54) is 36.9 Å². The number of methoxy groups -OCH3 is 1. The summed E-state index contributed by atoms with van der Waals surface area (Å²) in [5, 5.41) is 4.13. The monoisotopic (exact) mass is 251 g/mol. The number of hydrogen-bond acceptors (Lipinski definition) is 2. The summed E-state index contributed by atoms with van der Waals surface area (Å²) in [6.45, 7) is 0.829. The van der Waals surface area contributed by atoms with E-state index >= 15 is 0 Å². The van der Waals surface area contributed by atoms with Gasteiger partial charge in [-0.15, -0.1) is 0 Å². The molecule has 3 heteroatoms. The highest BCUT2D eigenvalue weighted by molar-refractivity contribution is 6.32. The highest BCUT2D eigenvalue weighted by Gasteiger charge is 2.04. The molecular weight excluding hydrogens is 234 g/mol. The normalized spacial score (nSPS) is 15.3. The summed E-state index contributed by atoms with van der Waals surface area (Å²) in [7, 11) is 1.63. The van der Waals surface area contributed by atoms with Crippen molar-refractivity contribution in [2.45, 2.75) is 32.2 Å². The lowest BCUT2D eigenvalue weighted by Crippen LogP contribution is -2.14. The molecule has 0 saturated heterocycles. The molecule has 92 valence electrons. The van der Waals surface area contributed by atoms with Gasteiger partial charge in [-0.25, -0.2) is 0 Å². The minimum absolute atomic E-state index is 0.671. The SMILES string of the molecule is COc1ccc(CNC2=CCCCC2)cc1Cl. The third-order valence-corrected chi connectivity index (χ3v) is 3.32. The first-order valence-electron chi connectivity index (χ1n) is 6.05. The Kier molecular flexibility index (Phi) is 4.32. The second-order valence-electron chi connectivity index (χ2n) is 4.30. The lowest BCUT2D eigenvalue weighted by molar-refractivity contribution is 0.415. The molecule has 1 aromatic rings. The molecule has 0 heterocycles. The van der Waals surface area contributed by atoms with Gasteiger partial charge < -0.3 is 10.1 Å². The van der Waals surface area contributed by atoms with Crippen LogP contribution in [0, 0.1) is 0 Å². The molecule has 17 heavy (non-hydrogen) atoms. The van der Waals surface area contributed by atoms with Crippen molar-refractivity contribution in [3.63, 3.8) is 0 Å². The number of ether oxygens (including phenoxy) is 1. The number of benzene rings is 1. The second kappa shape index (κ2) is 5.97. The van der Waals surface area contributed by atoms with E-state index < -0.39 is 0 Å². The van der Waals surface area contributed by atoms with Crippen LogP contribution in [0.3, 0.4) is 0 Å². The maximum Gasteiger partial charge on any atom is 0.137 e. The van der Waals surface area contributed by atoms with Gasteiger partial charge in [0.1, 0.15) is 5.75 Å². The van der Waals surface area contributed by atoms with Crippen LogP contribution >= 0.6 is 11.6 Å². The van der Waals surface area contributed by atoms with Crippen molar-refractivity contribution in [2.24, 2.45) is 0 Å². The van der Waals surface area contributed by atoms with Gasteiger partial charge in [-0.05, 0) is 43.4 Å². The van der Waals surface area contributed by atoms with Crippen LogP contribution in [0.1, 0.15) is 31.2 Å². The lowest BCUT2D eigenvalue weighted by atomic mass is 10.0. The standard InChI is InChI=1S/C14H18ClNO/c1-17-14-8-7-11(9-13(14)15)10-16-12-5-3-2-4-6-12/h5,7-9,16H,2-4,6,10H2,1H3. The molecule has 2 rings (SSSR count). The molecule has 2 nitrogen and oxygen atoms in total. The van der Waals surface area contributed by atoms with Crippen LogP contribution in [-0.4, -0.2) is 7.11 Å². The average Bonchev–Trinajstić information content (AvgIpc) is 2.38. The van der Waals surface area contributed by atoms with E-state index in [9.17, 15) is 0 Å². The summed E-state index contributed by atoms with van der Waals surface area (Å²) in [5.74, 6) is 0.729. The van der Waals surface area contributed by atoms with Crippen LogP contribution < -0.4 is 10.1 Å². The highest BCUT2D eigenvalue weighted by atomic mass is 35.5. The van der Waals surface area contributed by atoms with Crippen LogP contribution in [0.25, 0.3) is 0 Å². The highest BCUT2D eigenvalue weighted by Crippen LogP contribution is 2.25. The Morgan fingerprint density at radius 2 is 2.24 bits per heavy atom. The Hall–Kier alpha value is -1.15. The number of hydrogen-bond donors (Lipinski definition) is 1. The van der Waals surface area contributed by atoms with Crippen molar-refractivity contribution >= 4 is 11.6 Å². The van der Waals surface area contributed by atoms with Gasteiger partial charge in [0.2, 0.25) is 0 Å². The fourth-order valence-corrected chi connectivity index (χ4v) is 2.31. The Labute approximate surface area is 108 Å². The van der Waals surface area contributed by atoms with Crippen LogP contribution in [0.2, 0.25) is 5.02 Å². The Morgan fingerprint density at radius 3 is 2.88 bits per heavy atom. The van der Waals surface area contributed by atoms with Gasteiger partial charge in [-0.2, -0.15) is 0 Å². The van der Waals surface area contributed by atoms with Crippen molar-refractivity contribution in [3.8, 4) is 5.75 Å². The van der Waals surface area contributed by atoms with E-state index in [1.807, 2.05) is 18.2 Å². The van der Waals surface area contributed by atoms with Gasteiger partial charge >= 0.3 is 0 Å². The molecule has 0 saturated carbocycles. The van der Waals surface area contributed by atoms with E-state index in [4.69, 9.17) is 16.3 Å². The smallest absolute Gasteiger partial charge is 0.137 e. The molecule has 0 amide bonds. The first kappa shape index (κ1) is 12.3. The quantitative estimate of drug-likeness (QED) is 0.877. The first-order valence-corrected chi connectivity index (χ1v) is 6.42. The average molecular weight is 252 g/mol. The fraction of sp³-hybridized carbons (Fsp3) is 0.429. The minimum atomic E-state index is 0.671. The Balaban J connectivity index is 1.94. The zero-order chi connectivity index (χ0) is 12.1. The fourth-order valence-electron chi connectivity index (χ4n) is 2.03. The lowest BCUT2D eigenvalue weighted by Gasteiger charge is -2.15. The molecular formula is C14H18ClNO. The molecule has 0 aliphatic heterocycles. The maximum atomic E-state index is 6.08. The maximum absolute atomic E-state index is 6.08. The number of allylic oxidation sites excluding steroid dienone is 2. The Morgan fingerprint density at radius 1 is 1.35 bits per heavy atom. The minimum Gasteiger partial charge on any atom is -0.495 e. The van der Waals surface area contributed by atoms with Crippen molar-refractivity contribution in [2.75, 3.05) is 7.11 Å². The summed E-state index contributed by atoms with van der Waals surface area (Å²) < 4.78 is 5.13. The predicted octanol–water partition coefficient (Wildman–Crippen LogP) is 3.90. The van der Waals surface area contributed by atoms with E-state index in [0.717, 1.165) is 12.3 Å². The van der Waals surface area contributed by atoms with Gasteiger partial charge in [0.25, 0.3) is 0 Å². The molecule has 0 bridgehead atoms. The van der Waals surface area contributed by atoms with Gasteiger partial charge in [-0.3, -0.25) is 0 Å². The van der Waals surface area contributed by atoms with Crippen molar-refractivity contribution < 1.29 is 4.74 Å². The van der Waals surface area contributed by atoms with E-state index in [-0.39, 0.29) is 0 Å². The van der Waals surface area contributed by atoms with Gasteiger partial charge in [0.05, 0.1) is 12.1 Å². The van der Waals surface area contributed by atoms with Crippen molar-refractivity contribution in [1.29, 1.82) is 0 Å². The van der Waals surface area contributed by atoms with Crippen LogP contribution in [0.15, 0.2) is 30.0 Å². The molecule has 0 fully saturated rings. The molecule has 0 atom stereocenters. The summed E-state index contributed by atoms with van der Waals surface area (Å²) in [6.07, 6.45) is 7.28. The summed E-state index contributed by atoms with van der Waals surface area (Å²) >= 11 is 6.08. The summed E-state index contributed by atoms with van der Waals surface area (Å²) in [4.78, 5) is 0. The molecule has 0 radical (unpaired) electrons. The van der Waals surface area contributed by atoms with Crippen LogP contribution in [0.4, 0.5) is 0 Å². The number of nitrogens with one attached hydrogen (secondary N) is 1. The molecule has 1 aliphatic rings.